The Kier molecular flexibility index (Phi) is 6.96. The van der Waals surface area contributed by atoms with Crippen LogP contribution in [0, 0.1) is 0 Å². The van der Waals surface area contributed by atoms with Crippen molar-refractivity contribution in [1.29, 1.82) is 0 Å². The van der Waals surface area contributed by atoms with Gasteiger partial charge in [0.25, 0.3) is 0 Å². The fourth-order valence-corrected chi connectivity index (χ4v) is 4.29. The lowest BCUT2D eigenvalue weighted by atomic mass is 10.1. The third kappa shape index (κ3) is 5.63. The molecule has 1 aliphatic heterocycles. The lowest BCUT2D eigenvalue weighted by Gasteiger charge is -2.33. The van der Waals surface area contributed by atoms with E-state index in [1.54, 1.807) is 6.20 Å². The molecule has 0 radical (unpaired) electrons. The van der Waals surface area contributed by atoms with Crippen LogP contribution in [0.1, 0.15) is 38.7 Å². The Hall–Kier alpha value is -3.43. The van der Waals surface area contributed by atoms with Gasteiger partial charge in [-0.25, -0.2) is 4.98 Å². The number of hydrogen-bond donors (Lipinski definition) is 1. The Morgan fingerprint density at radius 3 is 2.83 bits per heavy atom. The van der Waals surface area contributed by atoms with Crippen LogP contribution < -0.4 is 5.32 Å². The van der Waals surface area contributed by atoms with E-state index in [0.29, 0.717) is 23.6 Å². The van der Waals surface area contributed by atoms with E-state index in [1.165, 1.54) is 0 Å². The number of pyridine rings is 2. The Morgan fingerprint density at radius 2 is 1.97 bits per heavy atom. The highest BCUT2D eigenvalue weighted by Crippen LogP contribution is 2.24. The number of aryl methyl sites for hydroxylation is 1. The van der Waals surface area contributed by atoms with Crippen LogP contribution in [-0.4, -0.2) is 67.2 Å². The number of nitrogens with one attached hydrogen (secondary N) is 1. The summed E-state index contributed by atoms with van der Waals surface area (Å²) in [7, 11) is 0. The largest absolute Gasteiger partial charge is 0.379 e. The molecule has 0 aromatic carbocycles. The molecule has 0 saturated carbocycles. The topological polar surface area (TPSA) is 93.9 Å². The maximum atomic E-state index is 5.53. The first-order chi connectivity index (χ1) is 17.0. The second kappa shape index (κ2) is 10.5. The molecule has 4 aromatic heterocycles. The van der Waals surface area contributed by atoms with Crippen LogP contribution in [0.5, 0.6) is 0 Å². The molecule has 182 valence electrons. The van der Waals surface area contributed by atoms with Gasteiger partial charge in [-0.05, 0) is 49.1 Å². The first-order valence-corrected chi connectivity index (χ1v) is 12.3. The zero-order valence-electron chi connectivity index (χ0n) is 20.6. The molecule has 1 atom stereocenters. The van der Waals surface area contributed by atoms with Crippen molar-refractivity contribution in [3.05, 3.63) is 54.6 Å². The van der Waals surface area contributed by atoms with E-state index in [4.69, 9.17) is 9.72 Å². The van der Waals surface area contributed by atoms with E-state index < -0.39 is 0 Å². The normalized spacial score (nSPS) is 16.7. The molecule has 1 N–H and O–H groups in total. The molecule has 0 spiro atoms. The van der Waals surface area contributed by atoms with Crippen LogP contribution in [0.4, 0.5) is 11.6 Å². The zero-order valence-corrected chi connectivity index (χ0v) is 20.6. The standard InChI is InChI=1S/C26H32N8O/c1-18(2)20-12-26(32-28-14-20)31-25-6-5-23-24(30-25)11-21(13-27-23)22-15-29-34(16-22)8-4-7-33-9-10-35-17-19(33)3/h5-6,11-16,18-19H,4,7-10,17H2,1-3H3,(H,30,31,32)/t19-/m1/s1. The summed E-state index contributed by atoms with van der Waals surface area (Å²) < 4.78 is 7.54. The number of morpholine rings is 1. The zero-order chi connectivity index (χ0) is 24.2. The van der Waals surface area contributed by atoms with E-state index in [0.717, 1.165) is 67.0 Å². The Balaban J connectivity index is 1.27. The van der Waals surface area contributed by atoms with Crippen LogP contribution in [-0.2, 0) is 11.3 Å². The fraction of sp³-hybridized carbons (Fsp3) is 0.423. The lowest BCUT2D eigenvalue weighted by Crippen LogP contribution is -2.44. The highest BCUT2D eigenvalue weighted by atomic mass is 16.5. The number of fused-ring (bicyclic) bond motifs is 1. The van der Waals surface area contributed by atoms with Crippen molar-refractivity contribution < 1.29 is 4.74 Å². The number of hydrogen-bond acceptors (Lipinski definition) is 8. The van der Waals surface area contributed by atoms with Gasteiger partial charge in [-0.3, -0.25) is 14.6 Å². The maximum Gasteiger partial charge on any atom is 0.154 e. The predicted molar refractivity (Wildman–Crippen MR) is 137 cm³/mol. The van der Waals surface area contributed by atoms with Gasteiger partial charge >= 0.3 is 0 Å². The van der Waals surface area contributed by atoms with Crippen LogP contribution in [0.25, 0.3) is 22.2 Å². The van der Waals surface area contributed by atoms with Crippen LogP contribution in [0.2, 0.25) is 0 Å². The first kappa shape index (κ1) is 23.3. The minimum absolute atomic E-state index is 0.381. The summed E-state index contributed by atoms with van der Waals surface area (Å²) in [4.78, 5) is 11.9. The van der Waals surface area contributed by atoms with Gasteiger partial charge in [0.05, 0.1) is 36.6 Å². The van der Waals surface area contributed by atoms with Gasteiger partial charge < -0.3 is 10.1 Å². The quantitative estimate of drug-likeness (QED) is 0.407. The molecule has 4 aromatic rings. The number of aromatic nitrogens is 6. The Morgan fingerprint density at radius 1 is 1.06 bits per heavy atom. The minimum Gasteiger partial charge on any atom is -0.379 e. The van der Waals surface area contributed by atoms with E-state index in [2.05, 4.69) is 63.5 Å². The van der Waals surface area contributed by atoms with Crippen molar-refractivity contribution in [2.24, 2.45) is 0 Å². The summed E-state index contributed by atoms with van der Waals surface area (Å²) in [5, 5.41) is 16.1. The Labute approximate surface area is 205 Å². The van der Waals surface area contributed by atoms with E-state index in [-0.39, 0.29) is 0 Å². The number of rotatable bonds is 8. The fourth-order valence-electron chi connectivity index (χ4n) is 4.29. The van der Waals surface area contributed by atoms with Gasteiger partial charge in [0.2, 0.25) is 0 Å². The molecule has 1 fully saturated rings. The molecular formula is C26H32N8O. The van der Waals surface area contributed by atoms with Gasteiger partial charge in [0.1, 0.15) is 5.82 Å². The van der Waals surface area contributed by atoms with Crippen LogP contribution >= 0.6 is 0 Å². The van der Waals surface area contributed by atoms with Crippen LogP contribution in [0.15, 0.2) is 49.1 Å². The molecule has 9 heteroatoms. The average Bonchev–Trinajstić information content (AvgIpc) is 3.34. The van der Waals surface area contributed by atoms with Crippen LogP contribution in [0.3, 0.4) is 0 Å². The van der Waals surface area contributed by atoms with Crippen molar-refractivity contribution >= 4 is 22.7 Å². The van der Waals surface area contributed by atoms with Gasteiger partial charge in [-0.2, -0.15) is 10.2 Å². The Bertz CT molecular complexity index is 1290. The molecule has 1 aliphatic rings. The summed E-state index contributed by atoms with van der Waals surface area (Å²) in [5.41, 5.74) is 4.82. The van der Waals surface area contributed by atoms with Crippen molar-refractivity contribution in [2.45, 2.75) is 45.7 Å². The lowest BCUT2D eigenvalue weighted by molar-refractivity contribution is -0.00119. The summed E-state index contributed by atoms with van der Waals surface area (Å²) in [6.45, 7) is 11.1. The molecule has 5 rings (SSSR count). The SMILES string of the molecule is CC(C)c1cnnc(Nc2ccc3ncc(-c4cnn(CCCN5CCOC[C@H]5C)c4)cc3n2)c1. The predicted octanol–water partition coefficient (Wildman–Crippen LogP) is 4.26. The van der Waals surface area contributed by atoms with E-state index in [1.807, 2.05) is 35.3 Å². The molecular weight excluding hydrogens is 440 g/mol. The van der Waals surface area contributed by atoms with E-state index >= 15 is 0 Å². The third-order valence-corrected chi connectivity index (χ3v) is 6.44. The van der Waals surface area contributed by atoms with Gasteiger partial charge in [0.15, 0.2) is 5.82 Å². The highest BCUT2D eigenvalue weighted by Gasteiger charge is 2.18. The second-order valence-electron chi connectivity index (χ2n) is 9.42. The molecule has 35 heavy (non-hydrogen) atoms. The third-order valence-electron chi connectivity index (χ3n) is 6.44. The van der Waals surface area contributed by atoms with Crippen molar-refractivity contribution in [3.8, 4) is 11.1 Å². The molecule has 0 bridgehead atoms. The molecule has 9 nitrogen and oxygen atoms in total. The molecule has 5 heterocycles. The summed E-state index contributed by atoms with van der Waals surface area (Å²) >= 11 is 0. The van der Waals surface area contributed by atoms with Gasteiger partial charge in [0, 0.05) is 49.2 Å². The maximum absolute atomic E-state index is 5.53. The van der Waals surface area contributed by atoms with Crippen molar-refractivity contribution in [3.63, 3.8) is 0 Å². The summed E-state index contributed by atoms with van der Waals surface area (Å²) in [6.07, 6.45) is 8.71. The number of anilines is 2. The molecule has 0 amide bonds. The molecule has 0 aliphatic carbocycles. The smallest absolute Gasteiger partial charge is 0.154 e. The minimum atomic E-state index is 0.381. The highest BCUT2D eigenvalue weighted by molar-refractivity contribution is 5.81. The first-order valence-electron chi connectivity index (χ1n) is 12.3. The molecule has 0 unspecified atom stereocenters. The van der Waals surface area contributed by atoms with Gasteiger partial charge in [-0.15, -0.1) is 5.10 Å². The van der Waals surface area contributed by atoms with E-state index in [9.17, 15) is 0 Å². The summed E-state index contributed by atoms with van der Waals surface area (Å²) in [5.74, 6) is 1.77. The van der Waals surface area contributed by atoms with Gasteiger partial charge in [-0.1, -0.05) is 13.8 Å². The van der Waals surface area contributed by atoms with Crippen molar-refractivity contribution in [2.75, 3.05) is 31.6 Å². The molecule has 1 saturated heterocycles. The van der Waals surface area contributed by atoms with Crippen molar-refractivity contribution in [1.82, 2.24) is 34.8 Å². The number of nitrogens with zero attached hydrogens (tertiary/aromatic N) is 7. The summed E-state index contributed by atoms with van der Waals surface area (Å²) in [6, 6.07) is 8.42. The average molecular weight is 473 g/mol. The number of ether oxygens (including phenoxy) is 1. The second-order valence-corrected chi connectivity index (χ2v) is 9.42. The monoisotopic (exact) mass is 472 g/mol.